The molecule has 1 aromatic carbocycles. The number of fused-ring (bicyclic) bond motifs is 1. The van der Waals surface area contributed by atoms with E-state index in [1.807, 2.05) is 24.3 Å². The number of para-hydroxylation sites is 1. The summed E-state index contributed by atoms with van der Waals surface area (Å²) in [6, 6.07) is 7.42. The van der Waals surface area contributed by atoms with Gasteiger partial charge in [0.2, 0.25) is 5.88 Å². The van der Waals surface area contributed by atoms with E-state index in [0.29, 0.717) is 5.88 Å². The molecule has 0 aliphatic rings. The fourth-order valence-corrected chi connectivity index (χ4v) is 1.28. The molecule has 5 nitrogen and oxygen atoms in total. The highest BCUT2D eigenvalue weighted by atomic mass is 16.6. The molecule has 1 heterocycles. The van der Waals surface area contributed by atoms with E-state index in [1.165, 1.54) is 13.4 Å². The van der Waals surface area contributed by atoms with Crippen LogP contribution in [0.5, 0.6) is 5.88 Å². The highest BCUT2D eigenvalue weighted by Crippen LogP contribution is 2.20. The van der Waals surface area contributed by atoms with Crippen LogP contribution in [0.3, 0.4) is 0 Å². The van der Waals surface area contributed by atoms with E-state index in [0.717, 1.165) is 10.9 Å². The number of nitrogens with zero attached hydrogens (tertiary/aromatic N) is 2. The lowest BCUT2D eigenvalue weighted by molar-refractivity contribution is -0.142. The van der Waals surface area contributed by atoms with E-state index in [1.54, 1.807) is 0 Å². The van der Waals surface area contributed by atoms with Gasteiger partial charge in [0.15, 0.2) is 6.61 Å². The van der Waals surface area contributed by atoms with Gasteiger partial charge in [0.25, 0.3) is 0 Å². The summed E-state index contributed by atoms with van der Waals surface area (Å²) in [5.41, 5.74) is 0.775. The molecule has 5 heteroatoms. The van der Waals surface area contributed by atoms with E-state index >= 15 is 0 Å². The molecule has 0 aliphatic heterocycles. The van der Waals surface area contributed by atoms with E-state index in [2.05, 4.69) is 14.7 Å². The first-order valence-electron chi connectivity index (χ1n) is 4.70. The Kier molecular flexibility index (Phi) is 2.95. The van der Waals surface area contributed by atoms with Crippen LogP contribution in [0.1, 0.15) is 0 Å². The quantitative estimate of drug-likeness (QED) is 0.724. The van der Waals surface area contributed by atoms with Crippen LogP contribution < -0.4 is 4.74 Å². The minimum Gasteiger partial charge on any atom is -0.466 e. The minimum absolute atomic E-state index is 0.155. The summed E-state index contributed by atoms with van der Waals surface area (Å²) in [5, 5.41) is 0.772. The molecule has 0 amide bonds. The lowest BCUT2D eigenvalue weighted by Crippen LogP contribution is -2.13. The summed E-state index contributed by atoms with van der Waals surface area (Å²) in [4.78, 5) is 19.0. The van der Waals surface area contributed by atoms with Gasteiger partial charge >= 0.3 is 5.97 Å². The standard InChI is InChI=1S/C11H10N2O3/c1-15-10(14)6-16-11-8-4-2-3-5-9(8)12-7-13-11/h2-5,7H,6H2,1H3. The van der Waals surface area contributed by atoms with Crippen molar-refractivity contribution in [2.24, 2.45) is 0 Å². The molecule has 0 aliphatic carbocycles. The van der Waals surface area contributed by atoms with Crippen molar-refractivity contribution in [2.45, 2.75) is 0 Å². The second kappa shape index (κ2) is 4.57. The number of carbonyl (C=O) groups is 1. The topological polar surface area (TPSA) is 61.3 Å². The van der Waals surface area contributed by atoms with Gasteiger partial charge in [0.1, 0.15) is 6.33 Å². The molecule has 2 aromatic rings. The Morgan fingerprint density at radius 3 is 2.94 bits per heavy atom. The van der Waals surface area contributed by atoms with Crippen molar-refractivity contribution in [1.29, 1.82) is 0 Å². The molecule has 0 spiro atoms. The Morgan fingerprint density at radius 2 is 2.12 bits per heavy atom. The van der Waals surface area contributed by atoms with E-state index < -0.39 is 5.97 Å². The van der Waals surface area contributed by atoms with Crippen molar-refractivity contribution >= 4 is 16.9 Å². The van der Waals surface area contributed by atoms with Crippen LogP contribution in [0.25, 0.3) is 10.9 Å². The Hall–Kier alpha value is -2.17. The molecule has 2 rings (SSSR count). The van der Waals surface area contributed by atoms with Crippen LogP contribution in [0.15, 0.2) is 30.6 Å². The number of aromatic nitrogens is 2. The maximum absolute atomic E-state index is 10.9. The lowest BCUT2D eigenvalue weighted by Gasteiger charge is -2.05. The number of hydrogen-bond acceptors (Lipinski definition) is 5. The third-order valence-corrected chi connectivity index (χ3v) is 2.06. The minimum atomic E-state index is -0.442. The number of carbonyl (C=O) groups excluding carboxylic acids is 1. The Bertz CT molecular complexity index is 508. The SMILES string of the molecule is COC(=O)COc1ncnc2ccccc12. The predicted molar refractivity (Wildman–Crippen MR) is 57.0 cm³/mol. The molecule has 0 unspecified atom stereocenters. The Balaban J connectivity index is 2.27. The predicted octanol–water partition coefficient (Wildman–Crippen LogP) is 1.18. The third kappa shape index (κ3) is 2.08. The van der Waals surface area contributed by atoms with E-state index in [-0.39, 0.29) is 6.61 Å². The molecule has 0 radical (unpaired) electrons. The molecule has 0 saturated carbocycles. The van der Waals surface area contributed by atoms with Crippen molar-refractivity contribution in [3.05, 3.63) is 30.6 Å². The fraction of sp³-hybridized carbons (Fsp3) is 0.182. The van der Waals surface area contributed by atoms with Crippen molar-refractivity contribution in [3.8, 4) is 5.88 Å². The highest BCUT2D eigenvalue weighted by Gasteiger charge is 2.06. The van der Waals surface area contributed by atoms with Crippen LogP contribution >= 0.6 is 0 Å². The molecular formula is C11H10N2O3. The summed E-state index contributed by atoms with van der Waals surface area (Å²) < 4.78 is 9.72. The van der Waals surface area contributed by atoms with Gasteiger partial charge in [-0.2, -0.15) is 0 Å². The zero-order valence-electron chi connectivity index (χ0n) is 8.71. The third-order valence-electron chi connectivity index (χ3n) is 2.06. The number of esters is 1. The molecule has 16 heavy (non-hydrogen) atoms. The summed E-state index contributed by atoms with van der Waals surface area (Å²) in [5.74, 6) is -0.0568. The molecule has 82 valence electrons. The molecule has 0 fully saturated rings. The summed E-state index contributed by atoms with van der Waals surface area (Å²) >= 11 is 0. The van der Waals surface area contributed by atoms with Crippen LogP contribution in [0.4, 0.5) is 0 Å². The number of rotatable bonds is 3. The fourth-order valence-electron chi connectivity index (χ4n) is 1.28. The summed E-state index contributed by atoms with van der Waals surface area (Å²) in [7, 11) is 1.31. The van der Waals surface area contributed by atoms with Gasteiger partial charge in [-0.1, -0.05) is 12.1 Å². The van der Waals surface area contributed by atoms with Gasteiger partial charge in [-0.05, 0) is 12.1 Å². The Morgan fingerprint density at radius 1 is 1.31 bits per heavy atom. The average Bonchev–Trinajstić information content (AvgIpc) is 2.35. The summed E-state index contributed by atoms with van der Waals surface area (Å²) in [6.07, 6.45) is 1.40. The van der Waals surface area contributed by atoms with Gasteiger partial charge in [0.05, 0.1) is 18.0 Å². The van der Waals surface area contributed by atoms with E-state index in [9.17, 15) is 4.79 Å². The van der Waals surface area contributed by atoms with Gasteiger partial charge in [-0.3, -0.25) is 0 Å². The number of methoxy groups -OCH3 is 1. The van der Waals surface area contributed by atoms with Gasteiger partial charge in [-0.15, -0.1) is 0 Å². The average molecular weight is 218 g/mol. The second-order valence-corrected chi connectivity index (χ2v) is 3.06. The van der Waals surface area contributed by atoms with Crippen LogP contribution in [0, 0.1) is 0 Å². The zero-order chi connectivity index (χ0) is 11.4. The molecule has 0 N–H and O–H groups in total. The molecular weight excluding hydrogens is 208 g/mol. The number of benzene rings is 1. The Labute approximate surface area is 92.0 Å². The van der Waals surface area contributed by atoms with Crippen molar-refractivity contribution < 1.29 is 14.3 Å². The largest absolute Gasteiger partial charge is 0.466 e. The number of ether oxygens (including phenoxy) is 2. The van der Waals surface area contributed by atoms with Crippen molar-refractivity contribution in [1.82, 2.24) is 9.97 Å². The first kappa shape index (κ1) is 10.4. The highest BCUT2D eigenvalue weighted by molar-refractivity contribution is 5.83. The van der Waals surface area contributed by atoms with Gasteiger partial charge in [0, 0.05) is 0 Å². The maximum Gasteiger partial charge on any atom is 0.343 e. The molecule has 1 aromatic heterocycles. The van der Waals surface area contributed by atoms with Crippen LogP contribution in [-0.4, -0.2) is 29.7 Å². The second-order valence-electron chi connectivity index (χ2n) is 3.06. The monoisotopic (exact) mass is 218 g/mol. The van der Waals surface area contributed by atoms with E-state index in [4.69, 9.17) is 4.74 Å². The smallest absolute Gasteiger partial charge is 0.343 e. The van der Waals surface area contributed by atoms with Gasteiger partial charge in [-0.25, -0.2) is 14.8 Å². The molecule has 0 atom stereocenters. The first-order chi connectivity index (χ1) is 7.81. The normalized spacial score (nSPS) is 10.1. The first-order valence-corrected chi connectivity index (χ1v) is 4.70. The zero-order valence-corrected chi connectivity index (χ0v) is 8.71. The van der Waals surface area contributed by atoms with Crippen LogP contribution in [-0.2, 0) is 9.53 Å². The van der Waals surface area contributed by atoms with Crippen LogP contribution in [0.2, 0.25) is 0 Å². The van der Waals surface area contributed by atoms with Crippen molar-refractivity contribution in [3.63, 3.8) is 0 Å². The molecule has 0 saturated heterocycles. The maximum atomic E-state index is 10.9. The lowest BCUT2D eigenvalue weighted by atomic mass is 10.2. The molecule has 0 bridgehead atoms. The number of hydrogen-bond donors (Lipinski definition) is 0. The van der Waals surface area contributed by atoms with Crippen molar-refractivity contribution in [2.75, 3.05) is 13.7 Å². The summed E-state index contributed by atoms with van der Waals surface area (Å²) in [6.45, 7) is -0.155. The van der Waals surface area contributed by atoms with Gasteiger partial charge < -0.3 is 9.47 Å².